The van der Waals surface area contributed by atoms with E-state index in [0.717, 1.165) is 6.42 Å². The highest BCUT2D eigenvalue weighted by Gasteiger charge is 2.18. The van der Waals surface area contributed by atoms with Crippen molar-refractivity contribution in [3.05, 3.63) is 50.3 Å². The molecule has 26 heavy (non-hydrogen) atoms. The van der Waals surface area contributed by atoms with Gasteiger partial charge >= 0.3 is 5.69 Å². The lowest BCUT2D eigenvalue weighted by atomic mass is 10.1. The lowest BCUT2D eigenvalue weighted by Gasteiger charge is -2.11. The number of hydrogen-bond acceptors (Lipinski definition) is 6. The summed E-state index contributed by atoms with van der Waals surface area (Å²) < 4.78 is 0. The molecule has 3 aromatic rings. The molecule has 3 heterocycles. The van der Waals surface area contributed by atoms with Gasteiger partial charge in [-0.3, -0.25) is 24.7 Å². The molecule has 0 aromatic carbocycles. The topological polar surface area (TPSA) is 149 Å². The third-order valence-electron chi connectivity index (χ3n) is 4.18. The monoisotopic (exact) mass is 357 g/mol. The summed E-state index contributed by atoms with van der Waals surface area (Å²) >= 11 is 0. The van der Waals surface area contributed by atoms with Crippen LogP contribution >= 0.6 is 0 Å². The average Bonchev–Trinajstić information content (AvgIpc) is 3.10. The summed E-state index contributed by atoms with van der Waals surface area (Å²) in [5.74, 6) is 1.05. The Hall–Kier alpha value is -3.30. The Morgan fingerprint density at radius 2 is 2.04 bits per heavy atom. The predicted molar refractivity (Wildman–Crippen MR) is 94.0 cm³/mol. The van der Waals surface area contributed by atoms with Gasteiger partial charge in [0.25, 0.3) is 11.5 Å². The Kier molecular flexibility index (Phi) is 4.65. The van der Waals surface area contributed by atoms with Crippen molar-refractivity contribution in [2.75, 3.05) is 0 Å². The maximum absolute atomic E-state index is 12.4. The van der Waals surface area contributed by atoms with Gasteiger partial charge in [-0.2, -0.15) is 5.10 Å². The molecule has 10 nitrogen and oxygen atoms in total. The van der Waals surface area contributed by atoms with Crippen molar-refractivity contribution in [2.24, 2.45) is 0 Å². The fourth-order valence-electron chi connectivity index (χ4n) is 2.40. The molecule has 4 N–H and O–H groups in total. The SMILES string of the molecule is CC[C@H](C)c1n[nH]c([C@H](C)NC(=O)c2cnc3[nH]c(=O)[nH]c(=O)c3c2)n1. The van der Waals surface area contributed by atoms with Crippen molar-refractivity contribution >= 4 is 16.9 Å². The molecule has 0 aliphatic rings. The van der Waals surface area contributed by atoms with Gasteiger partial charge < -0.3 is 5.32 Å². The van der Waals surface area contributed by atoms with Crippen LogP contribution in [0.15, 0.2) is 21.9 Å². The molecule has 0 fully saturated rings. The summed E-state index contributed by atoms with van der Waals surface area (Å²) in [4.78, 5) is 48.4. The number of nitrogens with one attached hydrogen (secondary N) is 4. The molecule has 1 amide bonds. The number of H-pyrrole nitrogens is 3. The zero-order valence-corrected chi connectivity index (χ0v) is 14.6. The number of aromatic amines is 3. The van der Waals surface area contributed by atoms with Crippen LogP contribution in [-0.4, -0.2) is 36.0 Å². The largest absolute Gasteiger partial charge is 0.342 e. The number of hydrogen-bond donors (Lipinski definition) is 4. The van der Waals surface area contributed by atoms with E-state index in [9.17, 15) is 14.4 Å². The van der Waals surface area contributed by atoms with E-state index in [1.807, 2.05) is 13.8 Å². The van der Waals surface area contributed by atoms with E-state index in [0.29, 0.717) is 11.6 Å². The van der Waals surface area contributed by atoms with E-state index in [2.05, 4.69) is 35.5 Å². The number of nitrogens with zero attached hydrogens (tertiary/aromatic N) is 3. The predicted octanol–water partition coefficient (Wildman–Crippen LogP) is 0.734. The molecule has 0 radical (unpaired) electrons. The first-order valence-corrected chi connectivity index (χ1v) is 8.24. The van der Waals surface area contributed by atoms with Gasteiger partial charge in [-0.05, 0) is 19.4 Å². The van der Waals surface area contributed by atoms with Crippen LogP contribution in [0.25, 0.3) is 11.0 Å². The lowest BCUT2D eigenvalue weighted by Crippen LogP contribution is -2.28. The molecule has 2 atom stereocenters. The fraction of sp³-hybridized carbons (Fsp3) is 0.375. The molecule has 0 saturated heterocycles. The van der Waals surface area contributed by atoms with E-state index >= 15 is 0 Å². The average molecular weight is 357 g/mol. The zero-order chi connectivity index (χ0) is 18.8. The maximum atomic E-state index is 12.4. The summed E-state index contributed by atoms with van der Waals surface area (Å²) in [6, 6.07) is 0.974. The lowest BCUT2D eigenvalue weighted by molar-refractivity contribution is 0.0938. The van der Waals surface area contributed by atoms with E-state index in [-0.39, 0.29) is 22.5 Å². The number of carbonyl (C=O) groups is 1. The Morgan fingerprint density at radius 1 is 1.27 bits per heavy atom. The maximum Gasteiger partial charge on any atom is 0.327 e. The van der Waals surface area contributed by atoms with Crippen molar-refractivity contribution in [1.82, 2.24) is 35.5 Å². The number of pyridine rings is 1. The van der Waals surface area contributed by atoms with Gasteiger partial charge in [0, 0.05) is 12.1 Å². The summed E-state index contributed by atoms with van der Waals surface area (Å²) in [5.41, 5.74) is -0.934. The quantitative estimate of drug-likeness (QED) is 0.529. The molecule has 10 heteroatoms. The zero-order valence-electron chi connectivity index (χ0n) is 14.6. The van der Waals surface area contributed by atoms with Crippen LogP contribution in [0.5, 0.6) is 0 Å². The highest BCUT2D eigenvalue weighted by atomic mass is 16.2. The van der Waals surface area contributed by atoms with Crippen LogP contribution in [0.4, 0.5) is 0 Å². The molecule has 0 saturated carbocycles. The molecule has 0 aliphatic carbocycles. The van der Waals surface area contributed by atoms with Gasteiger partial charge in [-0.15, -0.1) is 0 Å². The molecule has 136 valence electrons. The van der Waals surface area contributed by atoms with Crippen LogP contribution in [-0.2, 0) is 0 Å². The van der Waals surface area contributed by atoms with Gasteiger partial charge in [0.05, 0.1) is 17.0 Å². The minimum absolute atomic E-state index is 0.122. The Labute approximate surface area is 147 Å². The van der Waals surface area contributed by atoms with Crippen LogP contribution in [0.3, 0.4) is 0 Å². The normalized spacial score (nSPS) is 13.5. The van der Waals surface area contributed by atoms with Crippen LogP contribution in [0.1, 0.15) is 61.2 Å². The van der Waals surface area contributed by atoms with Gasteiger partial charge in [-0.1, -0.05) is 13.8 Å². The molecule has 0 bridgehead atoms. The summed E-state index contributed by atoms with van der Waals surface area (Å²) in [7, 11) is 0. The molecule has 0 spiro atoms. The number of fused-ring (bicyclic) bond motifs is 1. The van der Waals surface area contributed by atoms with Crippen molar-refractivity contribution in [2.45, 2.75) is 39.2 Å². The number of aromatic nitrogens is 6. The standard InChI is InChI=1S/C16H19N7O3/c1-4-7(2)11-19-12(23-22-11)8(3)18-14(24)9-5-10-13(17-6-9)20-16(26)21-15(10)25/h5-8H,4H2,1-3H3,(H,18,24)(H,19,22,23)(H2,17,20,21,25,26)/t7-,8-/m0/s1. The number of amides is 1. The second-order valence-corrected chi connectivity index (χ2v) is 6.11. The van der Waals surface area contributed by atoms with E-state index in [1.54, 1.807) is 6.92 Å². The van der Waals surface area contributed by atoms with Gasteiger partial charge in [0.1, 0.15) is 11.5 Å². The van der Waals surface area contributed by atoms with Crippen molar-refractivity contribution in [3.63, 3.8) is 0 Å². The van der Waals surface area contributed by atoms with Gasteiger partial charge in [0.2, 0.25) is 0 Å². The molecule has 0 aliphatic heterocycles. The second-order valence-electron chi connectivity index (χ2n) is 6.11. The van der Waals surface area contributed by atoms with Crippen LogP contribution in [0, 0.1) is 0 Å². The van der Waals surface area contributed by atoms with E-state index < -0.39 is 23.2 Å². The first-order chi connectivity index (χ1) is 12.4. The molecule has 3 aromatic heterocycles. The molecular formula is C16H19N7O3. The van der Waals surface area contributed by atoms with Crippen molar-refractivity contribution in [3.8, 4) is 0 Å². The number of rotatable bonds is 5. The number of carbonyl (C=O) groups excluding carboxylic acids is 1. The first kappa shape index (κ1) is 17.5. The molecular weight excluding hydrogens is 338 g/mol. The highest BCUT2D eigenvalue weighted by molar-refractivity contribution is 5.96. The smallest absolute Gasteiger partial charge is 0.327 e. The minimum Gasteiger partial charge on any atom is -0.342 e. The Bertz CT molecular complexity index is 1070. The third-order valence-corrected chi connectivity index (χ3v) is 4.18. The van der Waals surface area contributed by atoms with Crippen LogP contribution in [0.2, 0.25) is 0 Å². The third kappa shape index (κ3) is 3.39. The van der Waals surface area contributed by atoms with E-state index in [1.165, 1.54) is 12.3 Å². The summed E-state index contributed by atoms with van der Waals surface area (Å²) in [6.07, 6.45) is 2.21. The highest BCUT2D eigenvalue weighted by Crippen LogP contribution is 2.16. The van der Waals surface area contributed by atoms with Gasteiger partial charge in [0.15, 0.2) is 5.82 Å². The molecule has 3 rings (SSSR count). The second kappa shape index (κ2) is 6.90. The van der Waals surface area contributed by atoms with Crippen molar-refractivity contribution < 1.29 is 4.79 Å². The van der Waals surface area contributed by atoms with Crippen LogP contribution < -0.4 is 16.6 Å². The Morgan fingerprint density at radius 3 is 2.77 bits per heavy atom. The summed E-state index contributed by atoms with van der Waals surface area (Å²) in [6.45, 7) is 5.85. The molecule has 0 unspecified atom stereocenters. The first-order valence-electron chi connectivity index (χ1n) is 8.24. The minimum atomic E-state index is -0.650. The Balaban J connectivity index is 1.81. The van der Waals surface area contributed by atoms with E-state index in [4.69, 9.17) is 0 Å². The van der Waals surface area contributed by atoms with Crippen molar-refractivity contribution in [1.29, 1.82) is 0 Å². The van der Waals surface area contributed by atoms with Gasteiger partial charge in [-0.25, -0.2) is 14.8 Å². The fourth-order valence-corrected chi connectivity index (χ4v) is 2.40. The summed E-state index contributed by atoms with van der Waals surface area (Å²) in [5, 5.41) is 9.92.